The molecule has 8 rings (SSSR count). The third-order valence-corrected chi connectivity index (χ3v) is 21.7. The molecule has 0 spiro atoms. The van der Waals surface area contributed by atoms with Gasteiger partial charge in [-0.1, -0.05) is 41.5 Å². The Hall–Kier alpha value is -2.62. The minimum Gasteiger partial charge on any atom is -0.481 e. The quantitative estimate of drug-likeness (QED) is 0.0862. The Bertz CT molecular complexity index is 1760. The van der Waals surface area contributed by atoms with Crippen LogP contribution in [0.1, 0.15) is 198 Å². The number of ketones is 4. The highest BCUT2D eigenvalue weighted by Gasteiger charge is 2.67. The standard InChI is InChI=1S/2C24H40O5.2C5H8O2/c2*1-13(4-7-21(28)29)16-5-6-17-22-18(12-20(27)24(16,17)3)23(2)9-8-15(25)10-14(23)11-19(22)26;2*1-4(6)3-5(2)7/h2*13-20,22,25-27H,4-12H2,1-3H3,(H,28,29);2*3H2,1-2H3/t2*13-,14+,15-,16-,17+,18+,19-,20+,22+,23+,24-;;/m11../s1. The molecule has 22 atom stereocenters. The number of hydrogen-bond donors (Lipinski definition) is 8. The van der Waals surface area contributed by atoms with E-state index in [9.17, 15) is 59.4 Å². The Balaban J connectivity index is 0.000000212. The third-order valence-electron chi connectivity index (χ3n) is 21.7. The molecule has 0 aromatic heterocycles. The zero-order valence-electron chi connectivity index (χ0n) is 45.6. The molecule has 0 amide bonds. The van der Waals surface area contributed by atoms with E-state index in [2.05, 4.69) is 41.5 Å². The zero-order chi connectivity index (χ0) is 54.0. The fourth-order valence-electron chi connectivity index (χ4n) is 18.1. The molecule has 0 radical (unpaired) electrons. The maximum atomic E-state index is 11.5. The van der Waals surface area contributed by atoms with E-state index in [1.165, 1.54) is 27.7 Å². The topological polar surface area (TPSA) is 264 Å². The van der Waals surface area contributed by atoms with Gasteiger partial charge in [0.15, 0.2) is 0 Å². The number of carbonyl (C=O) groups excluding carboxylic acids is 4. The molecule has 14 nitrogen and oxygen atoms in total. The molecule has 8 aliphatic carbocycles. The highest BCUT2D eigenvalue weighted by atomic mass is 16.4. The van der Waals surface area contributed by atoms with Crippen LogP contribution in [0, 0.1) is 92.7 Å². The van der Waals surface area contributed by atoms with Crippen LogP contribution in [0.25, 0.3) is 0 Å². The van der Waals surface area contributed by atoms with E-state index < -0.39 is 24.1 Å². The average molecular weight is 1020 g/mol. The first-order valence-electron chi connectivity index (χ1n) is 27.9. The lowest BCUT2D eigenvalue weighted by atomic mass is 9.43. The number of aliphatic hydroxyl groups is 6. The summed E-state index contributed by atoms with van der Waals surface area (Å²) >= 11 is 0. The minimum absolute atomic E-state index is 0.0625. The van der Waals surface area contributed by atoms with E-state index in [0.29, 0.717) is 60.2 Å². The van der Waals surface area contributed by atoms with Gasteiger partial charge in [0.25, 0.3) is 0 Å². The number of carboxylic acid groups (broad SMARTS) is 2. The summed E-state index contributed by atoms with van der Waals surface area (Å²) in [4.78, 5) is 62.3. The number of aliphatic hydroxyl groups excluding tert-OH is 6. The van der Waals surface area contributed by atoms with E-state index in [4.69, 9.17) is 10.2 Å². The Kier molecular flexibility index (Phi) is 20.2. The SMILES string of the molecule is CC(=O)CC(C)=O.CC(=O)CC(C)=O.C[C@H](CCC(=O)O)[C@H]1CC[C@H]2[C@@H]3[C@H](O)C[C@@H]4C[C@H](O)CC[C@]4(C)[C@H]3C[C@H](O)[C@]12C.C[C@H](CCC(=O)O)[C@H]1CC[C@H]2[C@@H]3[C@H](O)C[C@@H]4C[C@H](O)CC[C@]4(C)[C@H]3C[C@H](O)[C@]12C. The summed E-state index contributed by atoms with van der Waals surface area (Å²) < 4.78 is 0. The van der Waals surface area contributed by atoms with E-state index >= 15 is 0 Å². The normalized spacial score (nSPS) is 44.2. The molecule has 0 aliphatic heterocycles. The smallest absolute Gasteiger partial charge is 0.303 e. The lowest BCUT2D eigenvalue weighted by molar-refractivity contribution is -0.207. The summed E-state index contributed by atoms with van der Waals surface area (Å²) in [5.74, 6) is 1.74. The number of carbonyl (C=O) groups is 6. The lowest BCUT2D eigenvalue weighted by Gasteiger charge is -2.63. The van der Waals surface area contributed by atoms with Crippen LogP contribution in [-0.4, -0.2) is 113 Å². The summed E-state index contributed by atoms with van der Waals surface area (Å²) in [5, 5.41) is 84.0. The van der Waals surface area contributed by atoms with Crippen LogP contribution in [0.2, 0.25) is 0 Å². The van der Waals surface area contributed by atoms with Crippen LogP contribution in [0.15, 0.2) is 0 Å². The Morgan fingerprint density at radius 2 is 0.778 bits per heavy atom. The number of rotatable bonds is 12. The van der Waals surface area contributed by atoms with Gasteiger partial charge in [-0.2, -0.15) is 0 Å². The highest BCUT2D eigenvalue weighted by molar-refractivity contribution is 5.97. The van der Waals surface area contributed by atoms with Crippen LogP contribution < -0.4 is 0 Å². The summed E-state index contributed by atoms with van der Waals surface area (Å²) in [7, 11) is 0. The molecule has 412 valence electrons. The fourth-order valence-corrected chi connectivity index (χ4v) is 18.1. The van der Waals surface area contributed by atoms with Gasteiger partial charge in [0.2, 0.25) is 0 Å². The second-order valence-corrected chi connectivity index (χ2v) is 26.0. The minimum atomic E-state index is -0.748. The van der Waals surface area contributed by atoms with Crippen LogP contribution in [0.3, 0.4) is 0 Å². The van der Waals surface area contributed by atoms with Crippen molar-refractivity contribution in [3.05, 3.63) is 0 Å². The Morgan fingerprint density at radius 1 is 0.458 bits per heavy atom. The fraction of sp³-hybridized carbons (Fsp3) is 0.897. The molecule has 0 bridgehead atoms. The molecule has 0 aromatic rings. The molecule has 14 heteroatoms. The van der Waals surface area contributed by atoms with Crippen molar-refractivity contribution >= 4 is 35.1 Å². The molecule has 8 aliphatic rings. The van der Waals surface area contributed by atoms with Crippen molar-refractivity contribution in [2.45, 2.75) is 234 Å². The number of carboxylic acids is 2. The van der Waals surface area contributed by atoms with Gasteiger partial charge in [0, 0.05) is 12.8 Å². The number of Topliss-reactive ketones (excluding diaryl/α,β-unsaturated/α-hetero) is 4. The predicted octanol–water partition coefficient (Wildman–Crippen LogP) is 8.01. The second kappa shape index (κ2) is 24.2. The molecular formula is C58H96O14. The van der Waals surface area contributed by atoms with Crippen LogP contribution in [0.5, 0.6) is 0 Å². The van der Waals surface area contributed by atoms with E-state index in [1.54, 1.807) is 0 Å². The molecule has 8 fully saturated rings. The summed E-state index contributed by atoms with van der Waals surface area (Å²) in [6.45, 7) is 19.1. The van der Waals surface area contributed by atoms with Crippen molar-refractivity contribution < 1.29 is 69.6 Å². The highest BCUT2D eigenvalue weighted by Crippen LogP contribution is 2.70. The predicted molar refractivity (Wildman–Crippen MR) is 272 cm³/mol. The Morgan fingerprint density at radius 3 is 1.06 bits per heavy atom. The second-order valence-electron chi connectivity index (χ2n) is 26.0. The average Bonchev–Trinajstić information content (AvgIpc) is 3.82. The van der Waals surface area contributed by atoms with Gasteiger partial charge in [0.05, 0.1) is 49.5 Å². The van der Waals surface area contributed by atoms with Crippen LogP contribution in [-0.2, 0) is 28.8 Å². The number of hydrogen-bond acceptors (Lipinski definition) is 12. The lowest BCUT2D eigenvalue weighted by Crippen LogP contribution is -2.62. The van der Waals surface area contributed by atoms with Crippen molar-refractivity contribution in [3.8, 4) is 0 Å². The largest absolute Gasteiger partial charge is 0.481 e. The third kappa shape index (κ3) is 12.6. The first-order valence-corrected chi connectivity index (χ1v) is 27.9. The molecule has 72 heavy (non-hydrogen) atoms. The summed E-state index contributed by atoms with van der Waals surface area (Å²) in [6, 6.07) is 0. The van der Waals surface area contributed by atoms with Crippen LogP contribution in [0.4, 0.5) is 0 Å². The van der Waals surface area contributed by atoms with Crippen molar-refractivity contribution in [2.75, 3.05) is 0 Å². The Labute approximate surface area is 430 Å². The number of fused-ring (bicyclic) bond motifs is 10. The van der Waals surface area contributed by atoms with Gasteiger partial charge < -0.3 is 40.9 Å². The van der Waals surface area contributed by atoms with Crippen molar-refractivity contribution in [2.24, 2.45) is 92.7 Å². The van der Waals surface area contributed by atoms with E-state index in [-0.39, 0.29) is 119 Å². The first-order chi connectivity index (χ1) is 33.4. The molecular weight excluding hydrogens is 921 g/mol. The zero-order valence-corrected chi connectivity index (χ0v) is 45.6. The first kappa shape index (κ1) is 60.2. The summed E-state index contributed by atoms with van der Waals surface area (Å²) in [5.41, 5.74) is -0.286. The van der Waals surface area contributed by atoms with E-state index in [0.717, 1.165) is 89.9 Å². The molecule has 0 aromatic carbocycles. The van der Waals surface area contributed by atoms with Gasteiger partial charge in [-0.3, -0.25) is 28.8 Å². The monoisotopic (exact) mass is 1020 g/mol. The van der Waals surface area contributed by atoms with Crippen molar-refractivity contribution in [1.82, 2.24) is 0 Å². The molecule has 0 saturated heterocycles. The molecule has 8 saturated carbocycles. The van der Waals surface area contributed by atoms with Gasteiger partial charge in [-0.05, 0) is 223 Å². The van der Waals surface area contributed by atoms with E-state index in [1.807, 2.05) is 0 Å². The van der Waals surface area contributed by atoms with Gasteiger partial charge >= 0.3 is 11.9 Å². The van der Waals surface area contributed by atoms with Gasteiger partial charge in [0.1, 0.15) is 23.1 Å². The van der Waals surface area contributed by atoms with Crippen LogP contribution >= 0.6 is 0 Å². The van der Waals surface area contributed by atoms with Crippen molar-refractivity contribution in [1.29, 1.82) is 0 Å². The molecule has 0 heterocycles. The maximum absolute atomic E-state index is 11.5. The molecule has 0 unspecified atom stereocenters. The van der Waals surface area contributed by atoms with Gasteiger partial charge in [-0.25, -0.2) is 0 Å². The maximum Gasteiger partial charge on any atom is 0.303 e. The summed E-state index contributed by atoms with van der Waals surface area (Å²) in [6.07, 6.45) is 12.2. The van der Waals surface area contributed by atoms with Crippen molar-refractivity contribution in [3.63, 3.8) is 0 Å². The van der Waals surface area contributed by atoms with Gasteiger partial charge in [-0.15, -0.1) is 0 Å². The molecule has 8 N–H and O–H groups in total. The number of aliphatic carboxylic acids is 2.